The van der Waals surface area contributed by atoms with Crippen LogP contribution < -0.4 is 5.32 Å². The molecular weight excluding hydrogens is 226 g/mol. The summed E-state index contributed by atoms with van der Waals surface area (Å²) >= 11 is 0. The van der Waals surface area contributed by atoms with Gasteiger partial charge in [0.1, 0.15) is 0 Å². The summed E-state index contributed by atoms with van der Waals surface area (Å²) in [5, 5.41) is 3.58. The molecule has 1 aromatic carbocycles. The Morgan fingerprint density at radius 3 is 2.50 bits per heavy atom. The molecule has 2 aliphatic rings. The molecule has 0 radical (unpaired) electrons. The molecule has 0 amide bonds. The van der Waals surface area contributed by atoms with E-state index >= 15 is 0 Å². The van der Waals surface area contributed by atoms with Gasteiger partial charge in [-0.1, -0.05) is 31.2 Å². The lowest BCUT2D eigenvalue weighted by molar-refractivity contribution is -0.101. The van der Waals surface area contributed by atoms with Crippen molar-refractivity contribution in [3.63, 3.8) is 0 Å². The number of aryl methyl sites for hydroxylation is 1. The number of ether oxygens (including phenoxy) is 2. The van der Waals surface area contributed by atoms with Crippen LogP contribution in [0.4, 0.5) is 0 Å². The molecule has 0 spiro atoms. The highest BCUT2D eigenvalue weighted by molar-refractivity contribution is 5.33. The van der Waals surface area contributed by atoms with Gasteiger partial charge < -0.3 is 14.8 Å². The van der Waals surface area contributed by atoms with Crippen LogP contribution in [-0.2, 0) is 21.3 Å². The number of benzene rings is 1. The Morgan fingerprint density at radius 2 is 2.00 bits per heavy atom. The summed E-state index contributed by atoms with van der Waals surface area (Å²) in [5.41, 5.74) is 2.89. The average Bonchev–Trinajstić information content (AvgIpc) is 2.40. The highest BCUT2D eigenvalue weighted by Crippen LogP contribution is 2.36. The standard InChI is InChI=1S/C15H21NO2/c1-2-12-3-5-13(6-4-12)15(10-18-11-15)14-9-17-8-7-16-14/h3-6,14,16H,2,7-11H2,1H3. The molecule has 0 saturated carbocycles. The van der Waals surface area contributed by atoms with Crippen molar-refractivity contribution in [2.24, 2.45) is 0 Å². The van der Waals surface area contributed by atoms with Crippen LogP contribution in [0.1, 0.15) is 18.1 Å². The van der Waals surface area contributed by atoms with Crippen LogP contribution in [0.5, 0.6) is 0 Å². The molecule has 0 aliphatic carbocycles. The lowest BCUT2D eigenvalue weighted by atomic mass is 9.72. The van der Waals surface area contributed by atoms with Crippen LogP contribution in [0.3, 0.4) is 0 Å². The van der Waals surface area contributed by atoms with E-state index in [1.165, 1.54) is 11.1 Å². The second kappa shape index (κ2) is 5.00. The maximum Gasteiger partial charge on any atom is 0.0630 e. The summed E-state index contributed by atoms with van der Waals surface area (Å²) in [6.45, 7) is 6.35. The maximum absolute atomic E-state index is 5.61. The number of morpholine rings is 1. The molecule has 1 N–H and O–H groups in total. The SMILES string of the molecule is CCc1ccc(C2(C3COCCN3)COC2)cc1. The Bertz CT molecular complexity index is 391. The van der Waals surface area contributed by atoms with Crippen molar-refractivity contribution >= 4 is 0 Å². The van der Waals surface area contributed by atoms with Crippen molar-refractivity contribution in [2.45, 2.75) is 24.8 Å². The van der Waals surface area contributed by atoms with Gasteiger partial charge in [0.05, 0.1) is 31.8 Å². The Morgan fingerprint density at radius 1 is 1.22 bits per heavy atom. The Hall–Kier alpha value is -0.900. The van der Waals surface area contributed by atoms with Gasteiger partial charge in [-0.25, -0.2) is 0 Å². The van der Waals surface area contributed by atoms with E-state index in [1.807, 2.05) is 0 Å². The first-order valence-electron chi connectivity index (χ1n) is 6.83. The third kappa shape index (κ3) is 1.96. The van der Waals surface area contributed by atoms with Crippen LogP contribution in [-0.4, -0.2) is 39.0 Å². The zero-order chi connectivity index (χ0) is 12.4. The third-order valence-electron chi connectivity index (χ3n) is 4.25. The van der Waals surface area contributed by atoms with E-state index in [0.29, 0.717) is 6.04 Å². The van der Waals surface area contributed by atoms with Crippen molar-refractivity contribution in [3.05, 3.63) is 35.4 Å². The van der Waals surface area contributed by atoms with E-state index in [4.69, 9.17) is 9.47 Å². The molecule has 18 heavy (non-hydrogen) atoms. The van der Waals surface area contributed by atoms with Crippen LogP contribution in [0.15, 0.2) is 24.3 Å². The second-order valence-corrected chi connectivity index (χ2v) is 5.28. The molecule has 1 aromatic rings. The van der Waals surface area contributed by atoms with E-state index in [2.05, 4.69) is 36.5 Å². The monoisotopic (exact) mass is 247 g/mol. The van der Waals surface area contributed by atoms with Gasteiger partial charge >= 0.3 is 0 Å². The minimum absolute atomic E-state index is 0.118. The number of rotatable bonds is 3. The molecule has 2 aliphatic heterocycles. The Balaban J connectivity index is 1.85. The van der Waals surface area contributed by atoms with Crippen LogP contribution in [0.25, 0.3) is 0 Å². The molecule has 3 nitrogen and oxygen atoms in total. The highest BCUT2D eigenvalue weighted by Gasteiger charge is 2.47. The minimum Gasteiger partial charge on any atom is -0.379 e. The van der Waals surface area contributed by atoms with Gasteiger partial charge in [-0.15, -0.1) is 0 Å². The first-order valence-corrected chi connectivity index (χ1v) is 6.83. The zero-order valence-electron chi connectivity index (χ0n) is 10.9. The molecule has 1 unspecified atom stereocenters. The maximum atomic E-state index is 5.61. The Labute approximate surface area is 108 Å². The van der Waals surface area contributed by atoms with Gasteiger partial charge in [0.2, 0.25) is 0 Å². The van der Waals surface area contributed by atoms with Crippen molar-refractivity contribution in [1.82, 2.24) is 5.32 Å². The molecule has 2 fully saturated rings. The van der Waals surface area contributed by atoms with Crippen molar-refractivity contribution in [1.29, 1.82) is 0 Å². The molecule has 1 atom stereocenters. The predicted octanol–water partition coefficient (Wildman–Crippen LogP) is 1.51. The van der Waals surface area contributed by atoms with Gasteiger partial charge in [-0.2, -0.15) is 0 Å². The molecule has 98 valence electrons. The topological polar surface area (TPSA) is 30.5 Å². The summed E-state index contributed by atoms with van der Waals surface area (Å²) in [6, 6.07) is 9.38. The van der Waals surface area contributed by atoms with Gasteiger partial charge in [-0.05, 0) is 17.5 Å². The Kier molecular flexibility index (Phi) is 3.37. The first-order chi connectivity index (χ1) is 8.85. The second-order valence-electron chi connectivity index (χ2n) is 5.28. The summed E-state index contributed by atoms with van der Waals surface area (Å²) in [6.07, 6.45) is 1.09. The summed E-state index contributed by atoms with van der Waals surface area (Å²) in [4.78, 5) is 0. The van der Waals surface area contributed by atoms with Crippen molar-refractivity contribution in [2.75, 3.05) is 33.0 Å². The molecule has 3 rings (SSSR count). The quantitative estimate of drug-likeness (QED) is 0.878. The fourth-order valence-electron chi connectivity index (χ4n) is 2.88. The van der Waals surface area contributed by atoms with Gasteiger partial charge in [-0.3, -0.25) is 0 Å². The summed E-state index contributed by atoms with van der Waals surface area (Å²) in [5.74, 6) is 0. The predicted molar refractivity (Wildman–Crippen MR) is 70.9 cm³/mol. The van der Waals surface area contributed by atoms with E-state index in [9.17, 15) is 0 Å². The van der Waals surface area contributed by atoms with Crippen LogP contribution in [0, 0.1) is 0 Å². The lowest BCUT2D eigenvalue weighted by Crippen LogP contribution is -2.63. The van der Waals surface area contributed by atoms with E-state index in [1.54, 1.807) is 0 Å². The minimum atomic E-state index is 0.118. The molecule has 2 saturated heterocycles. The normalized spacial score (nSPS) is 26.6. The average molecular weight is 247 g/mol. The third-order valence-corrected chi connectivity index (χ3v) is 4.25. The zero-order valence-corrected chi connectivity index (χ0v) is 10.9. The molecule has 0 bridgehead atoms. The largest absolute Gasteiger partial charge is 0.379 e. The van der Waals surface area contributed by atoms with E-state index in [0.717, 1.165) is 39.4 Å². The number of hydrogen-bond acceptors (Lipinski definition) is 3. The molecule has 0 aromatic heterocycles. The van der Waals surface area contributed by atoms with Gasteiger partial charge in [0.15, 0.2) is 0 Å². The van der Waals surface area contributed by atoms with Crippen LogP contribution in [0.2, 0.25) is 0 Å². The van der Waals surface area contributed by atoms with Gasteiger partial charge in [0.25, 0.3) is 0 Å². The lowest BCUT2D eigenvalue weighted by Gasteiger charge is -2.49. The number of nitrogens with one attached hydrogen (secondary N) is 1. The molecular formula is C15H21NO2. The molecule has 3 heteroatoms. The fourth-order valence-corrected chi connectivity index (χ4v) is 2.88. The van der Waals surface area contributed by atoms with E-state index in [-0.39, 0.29) is 5.41 Å². The smallest absolute Gasteiger partial charge is 0.0630 e. The molecule has 2 heterocycles. The number of hydrogen-bond donors (Lipinski definition) is 1. The fraction of sp³-hybridized carbons (Fsp3) is 0.600. The van der Waals surface area contributed by atoms with Gasteiger partial charge in [0, 0.05) is 12.6 Å². The first kappa shape index (κ1) is 12.2. The highest BCUT2D eigenvalue weighted by atomic mass is 16.5. The van der Waals surface area contributed by atoms with Crippen LogP contribution >= 0.6 is 0 Å². The van der Waals surface area contributed by atoms with Crippen molar-refractivity contribution < 1.29 is 9.47 Å². The van der Waals surface area contributed by atoms with Crippen molar-refractivity contribution in [3.8, 4) is 0 Å². The van der Waals surface area contributed by atoms with E-state index < -0.39 is 0 Å². The summed E-state index contributed by atoms with van der Waals surface area (Å²) < 4.78 is 11.1. The summed E-state index contributed by atoms with van der Waals surface area (Å²) in [7, 11) is 0.